The van der Waals surface area contributed by atoms with Crippen LogP contribution in [0.1, 0.15) is 0 Å². The van der Waals surface area contributed by atoms with Crippen LogP contribution in [0.3, 0.4) is 0 Å². The first-order valence-corrected chi connectivity index (χ1v) is 0. The summed E-state index contributed by atoms with van der Waals surface area (Å²) >= 11 is 0. The Hall–Kier alpha value is 1.32. The molecule has 0 saturated carbocycles. The van der Waals surface area contributed by atoms with E-state index >= 15 is 0 Å². The monoisotopic (exact) mass is 318 g/mol. The van der Waals surface area contributed by atoms with Gasteiger partial charge in [0, 0.05) is 0 Å². The number of halogens is 6. The molecule has 0 aliphatic heterocycles. The van der Waals surface area contributed by atoms with E-state index in [4.69, 9.17) is 0 Å². The SMILES string of the molecule is [F-].[F-].[F-].[F-].[F-].[F-].[Na+].[Ta+5]. The fraction of sp³-hybridized carbons (Fsp3) is 0. The quantitative estimate of drug-likeness (QED) is 0.307. The van der Waals surface area contributed by atoms with Gasteiger partial charge in [0.05, 0.1) is 0 Å². The molecule has 0 radical (unpaired) electrons. The van der Waals surface area contributed by atoms with Crippen molar-refractivity contribution < 1.29 is 80.2 Å². The predicted octanol–water partition coefficient (Wildman–Crippen LogP) is -21.0. The van der Waals surface area contributed by atoms with E-state index in [0.717, 1.165) is 0 Å². The largest absolute Gasteiger partial charge is 5.00 e. The van der Waals surface area contributed by atoms with Gasteiger partial charge in [-0.1, -0.05) is 0 Å². The van der Waals surface area contributed by atoms with Gasteiger partial charge in [0.1, 0.15) is 0 Å². The third-order valence-electron chi connectivity index (χ3n) is 0. The predicted molar refractivity (Wildman–Crippen MR) is 0 cm³/mol. The normalized spacial score (nSPS) is 0. The van der Waals surface area contributed by atoms with Crippen molar-refractivity contribution in [3.63, 3.8) is 0 Å². The minimum Gasteiger partial charge on any atom is -1.00 e. The van der Waals surface area contributed by atoms with Gasteiger partial charge in [0.2, 0.25) is 0 Å². The molecule has 48 valence electrons. The molecule has 0 spiro atoms. The first-order valence-electron chi connectivity index (χ1n) is 0. The zero-order valence-electron chi connectivity index (χ0n) is 3.72. The van der Waals surface area contributed by atoms with Gasteiger partial charge in [-0.05, 0) is 0 Å². The molecule has 0 aromatic heterocycles. The summed E-state index contributed by atoms with van der Waals surface area (Å²) in [4.78, 5) is 0. The Kier molecular flexibility index (Phi) is 11800. The van der Waals surface area contributed by atoms with E-state index in [2.05, 4.69) is 0 Å². The molecule has 0 N–H and O–H groups in total. The molecular weight excluding hydrogens is 318 g/mol. The van der Waals surface area contributed by atoms with E-state index in [1.54, 1.807) is 0 Å². The molecule has 0 unspecified atom stereocenters. The van der Waals surface area contributed by atoms with Crippen molar-refractivity contribution in [1.82, 2.24) is 0 Å². The first-order chi connectivity index (χ1) is 0. The van der Waals surface area contributed by atoms with Crippen LogP contribution in [0.2, 0.25) is 0 Å². The summed E-state index contributed by atoms with van der Waals surface area (Å²) in [7, 11) is 0. The average molecular weight is 318 g/mol. The Balaban J connectivity index is 0. The second-order valence-corrected chi connectivity index (χ2v) is 0. The molecular formula is F6NaTa. The zero-order chi connectivity index (χ0) is 0. The van der Waals surface area contributed by atoms with Gasteiger partial charge in [-0.2, -0.15) is 0 Å². The third kappa shape index (κ3) is 168. The molecule has 8 heteroatoms. The molecule has 0 fully saturated rings. The molecule has 0 rings (SSSR count). The maximum Gasteiger partial charge on any atom is 5.00 e. The summed E-state index contributed by atoms with van der Waals surface area (Å²) in [6.45, 7) is 0. The summed E-state index contributed by atoms with van der Waals surface area (Å²) in [5.74, 6) is 0. The van der Waals surface area contributed by atoms with Crippen LogP contribution in [-0.4, -0.2) is 0 Å². The van der Waals surface area contributed by atoms with Gasteiger partial charge in [-0.3, -0.25) is 0 Å². The Morgan fingerprint density at radius 2 is 0.375 bits per heavy atom. The molecule has 0 aliphatic rings. The van der Waals surface area contributed by atoms with Crippen molar-refractivity contribution in [2.45, 2.75) is 0 Å². The van der Waals surface area contributed by atoms with Crippen molar-refractivity contribution in [1.29, 1.82) is 0 Å². The number of hydrogen-bond acceptors (Lipinski definition) is 0. The summed E-state index contributed by atoms with van der Waals surface area (Å²) in [6.07, 6.45) is 0. The van der Waals surface area contributed by atoms with Crippen molar-refractivity contribution in [3.8, 4) is 0 Å². The topological polar surface area (TPSA) is 0 Å². The molecule has 0 bridgehead atoms. The van der Waals surface area contributed by atoms with E-state index in [0.29, 0.717) is 0 Å². The molecule has 0 aromatic rings. The second-order valence-electron chi connectivity index (χ2n) is 0. The van der Waals surface area contributed by atoms with Crippen molar-refractivity contribution in [3.05, 3.63) is 0 Å². The smallest absolute Gasteiger partial charge is 1.00 e. The van der Waals surface area contributed by atoms with Gasteiger partial charge in [-0.25, -0.2) is 0 Å². The van der Waals surface area contributed by atoms with Crippen molar-refractivity contribution in [2.75, 3.05) is 0 Å². The van der Waals surface area contributed by atoms with E-state index in [1.807, 2.05) is 0 Å². The summed E-state index contributed by atoms with van der Waals surface area (Å²) in [5.41, 5.74) is 0. The Bertz CT molecular complexity index is 8.49. The fourth-order valence-electron chi connectivity index (χ4n) is 0. The van der Waals surface area contributed by atoms with Gasteiger partial charge in [-0.15, -0.1) is 0 Å². The molecule has 0 aliphatic carbocycles. The summed E-state index contributed by atoms with van der Waals surface area (Å²) < 4.78 is 0. The molecule has 0 saturated heterocycles. The minimum absolute atomic E-state index is 0. The van der Waals surface area contributed by atoms with Crippen LogP contribution in [0.15, 0.2) is 0 Å². The van der Waals surface area contributed by atoms with E-state index in [9.17, 15) is 0 Å². The van der Waals surface area contributed by atoms with Crippen LogP contribution in [0, 0.1) is 0 Å². The molecule has 0 amide bonds. The average Bonchev–Trinajstić information content (AvgIpc) is 0. The van der Waals surface area contributed by atoms with E-state index in [-0.39, 0.29) is 80.2 Å². The molecule has 0 heterocycles. The molecule has 8 heavy (non-hydrogen) atoms. The molecule has 0 aromatic carbocycles. The van der Waals surface area contributed by atoms with Gasteiger partial charge in [0.15, 0.2) is 0 Å². The Labute approximate surface area is 79.8 Å². The first kappa shape index (κ1) is 370. The minimum atomic E-state index is 0. The van der Waals surface area contributed by atoms with Crippen LogP contribution in [-0.2, 0) is 22.4 Å². The second kappa shape index (κ2) is 256. The molecule has 0 atom stereocenters. The van der Waals surface area contributed by atoms with Gasteiger partial charge in [0.25, 0.3) is 0 Å². The number of hydrogen-bond donors (Lipinski definition) is 0. The fourth-order valence-corrected chi connectivity index (χ4v) is 0. The van der Waals surface area contributed by atoms with Crippen LogP contribution < -0.4 is 57.8 Å². The van der Waals surface area contributed by atoms with Gasteiger partial charge >= 0.3 is 51.9 Å². The van der Waals surface area contributed by atoms with Crippen molar-refractivity contribution >= 4 is 0 Å². The summed E-state index contributed by atoms with van der Waals surface area (Å²) in [6, 6.07) is 0. The summed E-state index contributed by atoms with van der Waals surface area (Å²) in [5, 5.41) is 0. The van der Waals surface area contributed by atoms with Crippen LogP contribution in [0.4, 0.5) is 0 Å². The van der Waals surface area contributed by atoms with Gasteiger partial charge < -0.3 is 28.2 Å². The Morgan fingerprint density at radius 1 is 0.375 bits per heavy atom. The van der Waals surface area contributed by atoms with Crippen LogP contribution in [0.5, 0.6) is 0 Å². The van der Waals surface area contributed by atoms with E-state index < -0.39 is 0 Å². The maximum atomic E-state index is 0. The zero-order valence-corrected chi connectivity index (χ0v) is 8.93. The molecule has 0 nitrogen and oxygen atoms in total. The van der Waals surface area contributed by atoms with Crippen LogP contribution in [0.25, 0.3) is 0 Å². The number of rotatable bonds is 0. The standard InChI is InChI=1S/6FH.Na.Ta/h6*1H;;/q;;;;;;+1;+5/p-6. The van der Waals surface area contributed by atoms with Crippen LogP contribution >= 0.6 is 0 Å². The Morgan fingerprint density at radius 3 is 0.375 bits per heavy atom. The van der Waals surface area contributed by atoms with E-state index in [1.165, 1.54) is 0 Å². The third-order valence-corrected chi connectivity index (χ3v) is 0. The van der Waals surface area contributed by atoms with Crippen molar-refractivity contribution in [2.24, 2.45) is 0 Å². The maximum absolute atomic E-state index is 0.